The molecule has 4 nitrogen and oxygen atoms in total. The number of aromatic nitrogens is 1. The van der Waals surface area contributed by atoms with Crippen molar-refractivity contribution in [1.82, 2.24) is 4.37 Å². The van der Waals surface area contributed by atoms with Gasteiger partial charge in [0.2, 0.25) is 0 Å². The fourth-order valence-electron chi connectivity index (χ4n) is 0.867. The molecule has 68 valence electrons. The minimum Gasteiger partial charge on any atom is -0.394 e. The lowest BCUT2D eigenvalue weighted by Gasteiger charge is -2.12. The van der Waals surface area contributed by atoms with Crippen molar-refractivity contribution < 1.29 is 9.84 Å². The zero-order valence-electron chi connectivity index (χ0n) is 6.64. The van der Waals surface area contributed by atoms with Crippen LogP contribution in [0, 0.1) is 0 Å². The van der Waals surface area contributed by atoms with Crippen LogP contribution in [0.4, 0.5) is 0 Å². The quantitative estimate of drug-likeness (QED) is 0.690. The fourth-order valence-corrected chi connectivity index (χ4v) is 1.45. The Labute approximate surface area is 75.1 Å². The van der Waals surface area contributed by atoms with E-state index >= 15 is 0 Å². The lowest BCUT2D eigenvalue weighted by molar-refractivity contribution is 0.0330. The zero-order valence-corrected chi connectivity index (χ0v) is 7.46. The van der Waals surface area contributed by atoms with Gasteiger partial charge in [0.1, 0.15) is 0 Å². The largest absolute Gasteiger partial charge is 0.394 e. The fraction of sp³-hybridized carbons (Fsp3) is 0.571. The van der Waals surface area contributed by atoms with Crippen molar-refractivity contribution in [2.24, 2.45) is 5.73 Å². The van der Waals surface area contributed by atoms with Gasteiger partial charge in [0, 0.05) is 23.7 Å². The first-order valence-corrected chi connectivity index (χ1v) is 4.54. The Balaban J connectivity index is 2.45. The highest BCUT2D eigenvalue weighted by atomic mass is 32.1. The summed E-state index contributed by atoms with van der Waals surface area (Å²) in [5, 5.41) is 10.4. The van der Waals surface area contributed by atoms with Crippen molar-refractivity contribution >= 4 is 11.5 Å². The minimum atomic E-state index is -0.129. The number of rotatable bonds is 5. The number of hydrogen-bond acceptors (Lipinski definition) is 5. The van der Waals surface area contributed by atoms with Crippen molar-refractivity contribution in [2.75, 3.05) is 19.8 Å². The summed E-state index contributed by atoms with van der Waals surface area (Å²) >= 11 is 1.37. The molecular weight excluding hydrogens is 176 g/mol. The molecule has 5 heteroatoms. The standard InChI is InChI=1S/C7H12N2O2S/c8-3-7(11-2-1-10)6-4-9-12-5-6/h4-5,7,10H,1-3,8H2. The number of aliphatic hydroxyl groups excluding tert-OH is 1. The smallest absolute Gasteiger partial charge is 0.0971 e. The lowest BCUT2D eigenvalue weighted by Crippen LogP contribution is -2.16. The van der Waals surface area contributed by atoms with Crippen LogP contribution in [0.1, 0.15) is 11.7 Å². The van der Waals surface area contributed by atoms with Gasteiger partial charge >= 0.3 is 0 Å². The Hall–Kier alpha value is -0.490. The SMILES string of the molecule is NCC(OCCO)c1cnsc1. The number of ether oxygens (including phenoxy) is 1. The molecule has 12 heavy (non-hydrogen) atoms. The average Bonchev–Trinajstić information content (AvgIpc) is 2.59. The maximum absolute atomic E-state index is 8.53. The van der Waals surface area contributed by atoms with Gasteiger partial charge in [-0.15, -0.1) is 0 Å². The summed E-state index contributed by atoms with van der Waals surface area (Å²) in [6.45, 7) is 0.754. The van der Waals surface area contributed by atoms with Gasteiger partial charge in [-0.1, -0.05) is 0 Å². The second-order valence-corrected chi connectivity index (χ2v) is 2.93. The monoisotopic (exact) mass is 188 g/mol. The highest BCUT2D eigenvalue weighted by molar-refractivity contribution is 7.03. The molecule has 0 aliphatic heterocycles. The molecule has 3 N–H and O–H groups in total. The van der Waals surface area contributed by atoms with Crippen molar-refractivity contribution in [3.63, 3.8) is 0 Å². The van der Waals surface area contributed by atoms with Crippen LogP contribution in [-0.2, 0) is 4.74 Å². The topological polar surface area (TPSA) is 68.4 Å². The normalized spacial score (nSPS) is 13.2. The summed E-state index contributed by atoms with van der Waals surface area (Å²) < 4.78 is 9.22. The summed E-state index contributed by atoms with van der Waals surface area (Å²) in [7, 11) is 0. The van der Waals surface area contributed by atoms with Crippen molar-refractivity contribution in [3.8, 4) is 0 Å². The van der Waals surface area contributed by atoms with E-state index in [-0.39, 0.29) is 12.7 Å². The second-order valence-electron chi connectivity index (χ2n) is 2.28. The molecule has 1 aromatic heterocycles. The van der Waals surface area contributed by atoms with E-state index in [1.165, 1.54) is 11.5 Å². The van der Waals surface area contributed by atoms with Crippen LogP contribution in [0.5, 0.6) is 0 Å². The molecule has 0 aromatic carbocycles. The van der Waals surface area contributed by atoms with Crippen molar-refractivity contribution in [1.29, 1.82) is 0 Å². The molecule has 0 bridgehead atoms. The third kappa shape index (κ3) is 2.53. The van der Waals surface area contributed by atoms with E-state index in [9.17, 15) is 0 Å². The van der Waals surface area contributed by atoms with Gasteiger partial charge < -0.3 is 15.6 Å². The summed E-state index contributed by atoms with van der Waals surface area (Å²) in [6.07, 6.45) is 1.61. The molecule has 1 aromatic rings. The van der Waals surface area contributed by atoms with Crippen LogP contribution in [0.15, 0.2) is 11.6 Å². The first-order chi connectivity index (χ1) is 5.88. The lowest BCUT2D eigenvalue weighted by atomic mass is 10.2. The molecule has 0 saturated carbocycles. The van der Waals surface area contributed by atoms with E-state index in [2.05, 4.69) is 4.37 Å². The first-order valence-electron chi connectivity index (χ1n) is 3.70. The van der Waals surface area contributed by atoms with Gasteiger partial charge in [0.15, 0.2) is 0 Å². The molecule has 1 heterocycles. The van der Waals surface area contributed by atoms with Crippen LogP contribution in [-0.4, -0.2) is 29.2 Å². The molecular formula is C7H12N2O2S. The highest BCUT2D eigenvalue weighted by Gasteiger charge is 2.09. The molecule has 0 fully saturated rings. The van der Waals surface area contributed by atoms with Crippen LogP contribution in [0.25, 0.3) is 0 Å². The third-order valence-electron chi connectivity index (χ3n) is 1.45. The second kappa shape index (κ2) is 5.21. The molecule has 0 amide bonds. The predicted molar refractivity (Wildman–Crippen MR) is 46.9 cm³/mol. The number of nitrogens with two attached hydrogens (primary N) is 1. The van der Waals surface area contributed by atoms with E-state index in [4.69, 9.17) is 15.6 Å². The van der Waals surface area contributed by atoms with Gasteiger partial charge in [0.25, 0.3) is 0 Å². The van der Waals surface area contributed by atoms with Gasteiger partial charge in [0.05, 0.1) is 19.3 Å². The van der Waals surface area contributed by atoms with Gasteiger partial charge in [-0.2, -0.15) is 0 Å². The Morgan fingerprint density at radius 3 is 3.08 bits per heavy atom. The van der Waals surface area contributed by atoms with E-state index in [0.717, 1.165) is 5.56 Å². The van der Waals surface area contributed by atoms with Gasteiger partial charge in [-0.05, 0) is 11.5 Å². The van der Waals surface area contributed by atoms with Crippen molar-refractivity contribution in [2.45, 2.75) is 6.10 Å². The van der Waals surface area contributed by atoms with E-state index in [0.29, 0.717) is 13.2 Å². The maximum atomic E-state index is 8.53. The summed E-state index contributed by atoms with van der Waals surface area (Å²) in [4.78, 5) is 0. The molecule has 0 aliphatic carbocycles. The van der Waals surface area contributed by atoms with Crippen LogP contribution >= 0.6 is 11.5 Å². The Bertz CT molecular complexity index is 203. The Kier molecular flexibility index (Phi) is 4.16. The predicted octanol–water partition coefficient (Wildman–Crippen LogP) is 0.152. The first kappa shape index (κ1) is 9.60. The molecule has 0 aliphatic rings. The van der Waals surface area contributed by atoms with E-state index < -0.39 is 0 Å². The molecule has 0 spiro atoms. The van der Waals surface area contributed by atoms with Crippen LogP contribution in [0.3, 0.4) is 0 Å². The van der Waals surface area contributed by atoms with Crippen LogP contribution in [0.2, 0.25) is 0 Å². The summed E-state index contributed by atoms with van der Waals surface area (Å²) in [6, 6.07) is 0. The van der Waals surface area contributed by atoms with Crippen molar-refractivity contribution in [3.05, 3.63) is 17.1 Å². The third-order valence-corrected chi connectivity index (χ3v) is 2.05. The van der Waals surface area contributed by atoms with E-state index in [1.54, 1.807) is 6.20 Å². The number of hydrogen-bond donors (Lipinski definition) is 2. The summed E-state index contributed by atoms with van der Waals surface area (Å²) in [5.74, 6) is 0. The maximum Gasteiger partial charge on any atom is 0.0971 e. The van der Waals surface area contributed by atoms with Gasteiger partial charge in [-0.25, -0.2) is 4.37 Å². The average molecular weight is 188 g/mol. The van der Waals surface area contributed by atoms with E-state index in [1.807, 2.05) is 5.38 Å². The Morgan fingerprint density at radius 1 is 1.75 bits per heavy atom. The molecule has 0 radical (unpaired) electrons. The molecule has 1 unspecified atom stereocenters. The Morgan fingerprint density at radius 2 is 2.58 bits per heavy atom. The molecule has 1 atom stereocenters. The molecule has 0 saturated heterocycles. The highest BCUT2D eigenvalue weighted by Crippen LogP contribution is 2.16. The number of aliphatic hydroxyl groups is 1. The van der Waals surface area contributed by atoms with Gasteiger partial charge in [-0.3, -0.25) is 0 Å². The minimum absolute atomic E-state index is 0.0219. The molecule has 1 rings (SSSR count). The summed E-state index contributed by atoms with van der Waals surface area (Å²) in [5.41, 5.74) is 6.46. The van der Waals surface area contributed by atoms with Crippen LogP contribution < -0.4 is 5.73 Å². The number of nitrogens with zero attached hydrogens (tertiary/aromatic N) is 1. The zero-order chi connectivity index (χ0) is 8.81.